The van der Waals surface area contributed by atoms with Gasteiger partial charge in [0, 0.05) is 6.54 Å². The van der Waals surface area contributed by atoms with Gasteiger partial charge in [0.05, 0.1) is 5.56 Å². The minimum atomic E-state index is -0.504. The highest BCUT2D eigenvalue weighted by molar-refractivity contribution is 5.33. The molecule has 70 valence electrons. The smallest absolute Gasteiger partial charge is 0.141 e. The molecule has 1 aromatic rings. The second-order valence-corrected chi connectivity index (χ2v) is 2.13. The van der Waals surface area contributed by atoms with Crippen LogP contribution < -0.4 is 5.73 Å². The first-order valence-electron chi connectivity index (χ1n) is 4.16. The maximum atomic E-state index is 12.8. The van der Waals surface area contributed by atoms with Gasteiger partial charge in [0.1, 0.15) is 11.9 Å². The van der Waals surface area contributed by atoms with Gasteiger partial charge in [-0.25, -0.2) is 4.39 Å². The second kappa shape index (κ2) is 6.15. The molecule has 0 unspecified atom stereocenters. The fourth-order valence-electron chi connectivity index (χ4n) is 0.776. The first-order valence-corrected chi connectivity index (χ1v) is 4.16. The van der Waals surface area contributed by atoms with E-state index < -0.39 is 5.82 Å². The summed E-state index contributed by atoms with van der Waals surface area (Å²) < 4.78 is 12.8. The summed E-state index contributed by atoms with van der Waals surface area (Å²) >= 11 is 0. The molecule has 0 radical (unpaired) electrons. The quantitative estimate of drug-likeness (QED) is 0.720. The molecule has 0 fully saturated rings. The van der Waals surface area contributed by atoms with Gasteiger partial charge in [-0.2, -0.15) is 5.26 Å². The van der Waals surface area contributed by atoms with E-state index in [1.807, 2.05) is 13.8 Å². The van der Waals surface area contributed by atoms with Gasteiger partial charge in [-0.3, -0.25) is 0 Å². The molecule has 0 atom stereocenters. The van der Waals surface area contributed by atoms with Crippen molar-refractivity contribution in [2.75, 3.05) is 0 Å². The molecule has 3 heteroatoms. The van der Waals surface area contributed by atoms with Gasteiger partial charge in [-0.1, -0.05) is 19.9 Å². The zero-order valence-corrected chi connectivity index (χ0v) is 7.84. The van der Waals surface area contributed by atoms with Crippen LogP contribution in [0.1, 0.15) is 25.0 Å². The largest absolute Gasteiger partial charge is 0.326 e. The molecule has 0 spiro atoms. The van der Waals surface area contributed by atoms with E-state index in [1.54, 1.807) is 12.1 Å². The van der Waals surface area contributed by atoms with E-state index in [0.717, 1.165) is 0 Å². The van der Waals surface area contributed by atoms with E-state index in [4.69, 9.17) is 11.0 Å². The van der Waals surface area contributed by atoms with Gasteiger partial charge in [0.15, 0.2) is 0 Å². The van der Waals surface area contributed by atoms with Gasteiger partial charge in [-0.05, 0) is 17.7 Å². The fourth-order valence-corrected chi connectivity index (χ4v) is 0.776. The summed E-state index contributed by atoms with van der Waals surface area (Å²) in [5.74, 6) is -0.504. The summed E-state index contributed by atoms with van der Waals surface area (Å²) in [5.41, 5.74) is 6.01. The van der Waals surface area contributed by atoms with Gasteiger partial charge < -0.3 is 5.73 Å². The zero-order chi connectivity index (χ0) is 10.3. The third-order valence-electron chi connectivity index (χ3n) is 1.39. The van der Waals surface area contributed by atoms with Crippen LogP contribution in [0.3, 0.4) is 0 Å². The predicted octanol–water partition coefficient (Wildman–Crippen LogP) is 2.18. The molecule has 0 aliphatic rings. The molecule has 0 amide bonds. The molecule has 2 nitrogen and oxygen atoms in total. The Morgan fingerprint density at radius 2 is 2.08 bits per heavy atom. The molecule has 2 N–H and O–H groups in total. The lowest BCUT2D eigenvalue weighted by atomic mass is 10.1. The van der Waals surface area contributed by atoms with E-state index in [-0.39, 0.29) is 5.56 Å². The molecular weight excluding hydrogens is 167 g/mol. The number of halogens is 1. The Bertz CT molecular complexity index is 302. The second-order valence-electron chi connectivity index (χ2n) is 2.13. The molecular formula is C10H13FN2. The molecule has 0 bridgehead atoms. The molecule has 0 aliphatic heterocycles. The minimum Gasteiger partial charge on any atom is -0.326 e. The number of hydrogen-bond donors (Lipinski definition) is 1. The normalized spacial score (nSPS) is 8.23. The Hall–Kier alpha value is -1.40. The van der Waals surface area contributed by atoms with Crippen LogP contribution in [0.4, 0.5) is 4.39 Å². The number of nitrogens with two attached hydrogens (primary N) is 1. The van der Waals surface area contributed by atoms with Crippen LogP contribution in [-0.2, 0) is 6.54 Å². The van der Waals surface area contributed by atoms with Crippen LogP contribution in [-0.4, -0.2) is 0 Å². The van der Waals surface area contributed by atoms with Gasteiger partial charge in [0.25, 0.3) is 0 Å². The zero-order valence-electron chi connectivity index (χ0n) is 7.84. The van der Waals surface area contributed by atoms with Crippen LogP contribution >= 0.6 is 0 Å². The molecule has 0 aromatic heterocycles. The monoisotopic (exact) mass is 180 g/mol. The fraction of sp³-hybridized carbons (Fsp3) is 0.300. The van der Waals surface area contributed by atoms with Gasteiger partial charge >= 0.3 is 0 Å². The Morgan fingerprint density at radius 3 is 2.46 bits per heavy atom. The van der Waals surface area contributed by atoms with Crippen molar-refractivity contribution in [1.82, 2.24) is 0 Å². The van der Waals surface area contributed by atoms with Crippen molar-refractivity contribution in [3.05, 3.63) is 35.1 Å². The Balaban J connectivity index is 0.000000671. The van der Waals surface area contributed by atoms with Crippen molar-refractivity contribution in [2.45, 2.75) is 20.4 Å². The summed E-state index contributed by atoms with van der Waals surface area (Å²) in [6.45, 7) is 4.29. The molecule has 13 heavy (non-hydrogen) atoms. The highest BCUT2D eigenvalue weighted by Gasteiger charge is 2.00. The maximum absolute atomic E-state index is 12.8. The summed E-state index contributed by atoms with van der Waals surface area (Å²) in [4.78, 5) is 0. The SMILES string of the molecule is CC.N#Cc1ccc(CN)cc1F. The van der Waals surface area contributed by atoms with E-state index in [2.05, 4.69) is 0 Å². The lowest BCUT2D eigenvalue weighted by Crippen LogP contribution is -1.97. The van der Waals surface area contributed by atoms with Gasteiger partial charge in [0.2, 0.25) is 0 Å². The summed E-state index contributed by atoms with van der Waals surface area (Å²) in [7, 11) is 0. The highest BCUT2D eigenvalue weighted by Crippen LogP contribution is 2.08. The highest BCUT2D eigenvalue weighted by atomic mass is 19.1. The minimum absolute atomic E-state index is 0.0576. The molecule has 0 heterocycles. The van der Waals surface area contributed by atoms with Crippen LogP contribution in [0.5, 0.6) is 0 Å². The lowest BCUT2D eigenvalue weighted by Gasteiger charge is -1.96. The first-order chi connectivity index (χ1) is 6.27. The van der Waals surface area contributed by atoms with E-state index in [1.165, 1.54) is 12.1 Å². The van der Waals surface area contributed by atoms with Crippen LogP contribution in [0.2, 0.25) is 0 Å². The third-order valence-corrected chi connectivity index (χ3v) is 1.39. The Labute approximate surface area is 77.8 Å². The topological polar surface area (TPSA) is 49.8 Å². The first kappa shape index (κ1) is 11.6. The Kier molecular flexibility index (Phi) is 5.49. The lowest BCUT2D eigenvalue weighted by molar-refractivity contribution is 0.621. The molecule has 0 saturated carbocycles. The molecule has 1 aromatic carbocycles. The van der Waals surface area contributed by atoms with Crippen LogP contribution in [0.15, 0.2) is 18.2 Å². The molecule has 1 rings (SSSR count). The van der Waals surface area contributed by atoms with Crippen molar-refractivity contribution >= 4 is 0 Å². The number of hydrogen-bond acceptors (Lipinski definition) is 2. The van der Waals surface area contributed by atoms with Crippen LogP contribution in [0.25, 0.3) is 0 Å². The maximum Gasteiger partial charge on any atom is 0.141 e. The number of rotatable bonds is 1. The van der Waals surface area contributed by atoms with Crippen molar-refractivity contribution in [1.29, 1.82) is 5.26 Å². The number of benzene rings is 1. The molecule has 0 saturated heterocycles. The van der Waals surface area contributed by atoms with Crippen molar-refractivity contribution in [2.24, 2.45) is 5.73 Å². The van der Waals surface area contributed by atoms with Crippen molar-refractivity contribution in [3.8, 4) is 6.07 Å². The van der Waals surface area contributed by atoms with Crippen molar-refractivity contribution in [3.63, 3.8) is 0 Å². The van der Waals surface area contributed by atoms with E-state index >= 15 is 0 Å². The number of nitrogens with zero attached hydrogens (tertiary/aromatic N) is 1. The standard InChI is InChI=1S/C8H7FN2.C2H6/c9-8-3-6(4-10)1-2-7(8)5-11;1-2/h1-3H,4,10H2;1-2H3. The molecule has 0 aliphatic carbocycles. The summed E-state index contributed by atoms with van der Waals surface area (Å²) in [6, 6.07) is 6.08. The van der Waals surface area contributed by atoms with E-state index in [9.17, 15) is 4.39 Å². The summed E-state index contributed by atoms with van der Waals surface area (Å²) in [5, 5.41) is 8.36. The van der Waals surface area contributed by atoms with Crippen molar-refractivity contribution < 1.29 is 4.39 Å². The third kappa shape index (κ3) is 3.22. The summed E-state index contributed by atoms with van der Waals surface area (Å²) in [6.07, 6.45) is 0. The predicted molar refractivity (Wildman–Crippen MR) is 50.4 cm³/mol. The Morgan fingerprint density at radius 1 is 1.46 bits per heavy atom. The average Bonchev–Trinajstić information content (AvgIpc) is 2.20. The number of nitriles is 1. The van der Waals surface area contributed by atoms with E-state index in [0.29, 0.717) is 12.1 Å². The van der Waals surface area contributed by atoms with Gasteiger partial charge in [-0.15, -0.1) is 0 Å². The van der Waals surface area contributed by atoms with Crippen LogP contribution in [0, 0.1) is 17.1 Å². The average molecular weight is 180 g/mol.